The van der Waals surface area contributed by atoms with E-state index in [0.29, 0.717) is 25.0 Å². The van der Waals surface area contributed by atoms with E-state index >= 15 is 0 Å². The zero-order valence-corrected chi connectivity index (χ0v) is 15.7. The summed E-state index contributed by atoms with van der Waals surface area (Å²) in [7, 11) is 0. The van der Waals surface area contributed by atoms with Crippen LogP contribution in [-0.2, 0) is 4.79 Å². The molecule has 3 rings (SSSR count). The maximum atomic E-state index is 12.2. The number of nitrogens with one attached hydrogen (secondary N) is 1. The van der Waals surface area contributed by atoms with Gasteiger partial charge in [0, 0.05) is 5.92 Å². The summed E-state index contributed by atoms with van der Waals surface area (Å²) in [6.07, 6.45) is 5.47. The van der Waals surface area contributed by atoms with Gasteiger partial charge in [-0.1, -0.05) is 0 Å². The second-order valence-corrected chi connectivity index (χ2v) is 5.57. The summed E-state index contributed by atoms with van der Waals surface area (Å²) >= 11 is 0. The van der Waals surface area contributed by atoms with Crippen molar-refractivity contribution >= 4 is 57.8 Å². The molecule has 0 spiro atoms. The van der Waals surface area contributed by atoms with Crippen molar-refractivity contribution in [3.8, 4) is 0 Å². The third kappa shape index (κ3) is 4.43. The smallest absolute Gasteiger partial charge is 0.237 e. The molecule has 2 aliphatic heterocycles. The van der Waals surface area contributed by atoms with Crippen LogP contribution in [0, 0.1) is 11.8 Å². The number of carbonyl (C=O) groups excluding carboxylic acids is 1. The van der Waals surface area contributed by atoms with Crippen molar-refractivity contribution < 1.29 is 4.79 Å². The van der Waals surface area contributed by atoms with Crippen molar-refractivity contribution in [3.05, 3.63) is 0 Å². The Morgan fingerprint density at radius 2 is 2.05 bits per heavy atom. The number of nitrogens with two attached hydrogens (primary N) is 1. The van der Waals surface area contributed by atoms with Gasteiger partial charge in [-0.25, -0.2) is 15.0 Å². The average molecular weight is 438 g/mol. The minimum Gasteiger partial charge on any atom is -0.330 e. The summed E-state index contributed by atoms with van der Waals surface area (Å²) in [5.41, 5.74) is 9.45. The van der Waals surface area contributed by atoms with Crippen LogP contribution in [0.4, 0.5) is 0 Å². The van der Waals surface area contributed by atoms with Crippen LogP contribution in [0.15, 0.2) is 15.0 Å². The number of carbonyl (C=O) groups is 1. The van der Waals surface area contributed by atoms with Crippen LogP contribution in [0.3, 0.4) is 0 Å². The Bertz CT molecular complexity index is 485. The summed E-state index contributed by atoms with van der Waals surface area (Å²) < 4.78 is 0. The van der Waals surface area contributed by atoms with Gasteiger partial charge in [0.05, 0.1) is 6.54 Å². The molecule has 0 aromatic carbocycles. The van der Waals surface area contributed by atoms with E-state index in [1.54, 1.807) is 5.01 Å². The summed E-state index contributed by atoms with van der Waals surface area (Å²) in [5.74, 6) is 1.48. The number of amides is 1. The highest BCUT2D eigenvalue weighted by Crippen LogP contribution is 2.28. The fourth-order valence-corrected chi connectivity index (χ4v) is 2.89. The van der Waals surface area contributed by atoms with Gasteiger partial charge in [-0.15, -0.1) is 34.0 Å². The third-order valence-corrected chi connectivity index (χ3v) is 4.20. The Morgan fingerprint density at radius 1 is 1.32 bits per heavy atom. The number of fused-ring (bicyclic) bond motifs is 1. The van der Waals surface area contributed by atoms with Gasteiger partial charge < -0.3 is 5.73 Å². The van der Waals surface area contributed by atoms with E-state index in [1.807, 2.05) is 0 Å². The molecular formula is C13H22Br2N6O. The molecule has 0 aromatic heterocycles. The minimum atomic E-state index is 0. The minimum absolute atomic E-state index is 0. The molecule has 1 aliphatic carbocycles. The summed E-state index contributed by atoms with van der Waals surface area (Å²) in [5, 5.41) is 1.80. The zero-order valence-electron chi connectivity index (χ0n) is 12.3. The highest BCUT2D eigenvalue weighted by Gasteiger charge is 2.28. The topological polar surface area (TPSA) is 95.4 Å². The Hall–Kier alpha value is -0.640. The largest absolute Gasteiger partial charge is 0.330 e. The molecule has 3 N–H and O–H groups in total. The van der Waals surface area contributed by atoms with E-state index in [-0.39, 0.29) is 45.8 Å². The molecule has 7 nitrogen and oxygen atoms in total. The number of amidine groups is 1. The SMILES string of the molecule is Br.Br.NCC1CCC(C(=O)NN2CN=C3N=CN=C3C2)CC1. The molecule has 9 heteroatoms. The van der Waals surface area contributed by atoms with E-state index in [0.717, 1.165) is 37.9 Å². The first-order chi connectivity index (χ1) is 9.76. The lowest BCUT2D eigenvalue weighted by molar-refractivity contribution is -0.130. The van der Waals surface area contributed by atoms with Crippen LogP contribution < -0.4 is 11.2 Å². The molecule has 0 radical (unpaired) electrons. The second-order valence-electron chi connectivity index (χ2n) is 5.57. The molecule has 124 valence electrons. The van der Waals surface area contributed by atoms with Crippen molar-refractivity contribution in [2.45, 2.75) is 25.7 Å². The standard InChI is InChI=1S/C13H20N6O.2BrH/c14-5-9-1-3-10(4-2-9)13(20)18-19-6-11-12(17-8-19)16-7-15-11;;/h7,9-10H,1-6,8,14H2,(H,18,20);2*1H. The van der Waals surface area contributed by atoms with Crippen LogP contribution in [0.2, 0.25) is 0 Å². The predicted octanol–water partition coefficient (Wildman–Crippen LogP) is 1.09. The van der Waals surface area contributed by atoms with Crippen LogP contribution >= 0.6 is 34.0 Å². The van der Waals surface area contributed by atoms with Gasteiger partial charge in [0.1, 0.15) is 18.7 Å². The summed E-state index contributed by atoms with van der Waals surface area (Å²) in [6.45, 7) is 1.75. The molecule has 1 amide bonds. The molecule has 1 fully saturated rings. The van der Waals surface area contributed by atoms with Gasteiger partial charge in [0.15, 0.2) is 5.84 Å². The number of hydrogen-bond donors (Lipinski definition) is 2. The van der Waals surface area contributed by atoms with E-state index in [9.17, 15) is 4.79 Å². The average Bonchev–Trinajstić information content (AvgIpc) is 2.95. The monoisotopic (exact) mass is 436 g/mol. The highest BCUT2D eigenvalue weighted by molar-refractivity contribution is 8.93. The summed E-state index contributed by atoms with van der Waals surface area (Å²) in [4.78, 5) is 24.7. The molecule has 0 bridgehead atoms. The first kappa shape index (κ1) is 19.4. The lowest BCUT2D eigenvalue weighted by atomic mass is 9.82. The molecule has 0 saturated heterocycles. The molecular weight excluding hydrogens is 416 g/mol. The number of hydrazine groups is 1. The van der Waals surface area contributed by atoms with E-state index in [4.69, 9.17) is 5.73 Å². The Balaban J connectivity index is 0.00000121. The van der Waals surface area contributed by atoms with E-state index in [2.05, 4.69) is 20.4 Å². The maximum absolute atomic E-state index is 12.2. The number of halogens is 2. The number of nitrogens with zero attached hydrogens (tertiary/aromatic N) is 4. The Labute approximate surface area is 151 Å². The van der Waals surface area contributed by atoms with Crippen molar-refractivity contribution in [2.75, 3.05) is 19.8 Å². The molecule has 1 saturated carbocycles. The molecule has 3 aliphatic rings. The normalized spacial score (nSPS) is 27.0. The molecule has 0 aromatic rings. The van der Waals surface area contributed by atoms with Crippen LogP contribution in [0.5, 0.6) is 0 Å². The van der Waals surface area contributed by atoms with Gasteiger partial charge in [-0.2, -0.15) is 5.01 Å². The van der Waals surface area contributed by atoms with Gasteiger partial charge >= 0.3 is 0 Å². The molecule has 0 atom stereocenters. The first-order valence-corrected chi connectivity index (χ1v) is 7.16. The van der Waals surface area contributed by atoms with Crippen LogP contribution in [-0.4, -0.2) is 48.6 Å². The van der Waals surface area contributed by atoms with Crippen molar-refractivity contribution in [2.24, 2.45) is 32.5 Å². The fraction of sp³-hybridized carbons (Fsp3) is 0.692. The molecule has 22 heavy (non-hydrogen) atoms. The first-order valence-electron chi connectivity index (χ1n) is 7.16. The molecule has 2 heterocycles. The van der Waals surface area contributed by atoms with Crippen molar-refractivity contribution in [3.63, 3.8) is 0 Å². The lowest BCUT2D eigenvalue weighted by Crippen LogP contribution is -2.50. The van der Waals surface area contributed by atoms with Gasteiger partial charge in [0.2, 0.25) is 5.91 Å². The lowest BCUT2D eigenvalue weighted by Gasteiger charge is -2.30. The third-order valence-electron chi connectivity index (χ3n) is 4.20. The van der Waals surface area contributed by atoms with Crippen LogP contribution in [0.25, 0.3) is 0 Å². The van der Waals surface area contributed by atoms with Crippen molar-refractivity contribution in [1.82, 2.24) is 10.4 Å². The number of rotatable bonds is 3. The predicted molar refractivity (Wildman–Crippen MR) is 98.2 cm³/mol. The zero-order chi connectivity index (χ0) is 13.9. The summed E-state index contributed by atoms with van der Waals surface area (Å²) in [6, 6.07) is 0. The van der Waals surface area contributed by atoms with Gasteiger partial charge in [-0.05, 0) is 38.1 Å². The number of aliphatic imine (C=N–C) groups is 3. The maximum Gasteiger partial charge on any atom is 0.237 e. The van der Waals surface area contributed by atoms with Gasteiger partial charge in [0.25, 0.3) is 0 Å². The van der Waals surface area contributed by atoms with E-state index < -0.39 is 0 Å². The fourth-order valence-electron chi connectivity index (χ4n) is 2.89. The quantitative estimate of drug-likeness (QED) is 0.691. The number of hydrogen-bond acceptors (Lipinski definition) is 6. The Morgan fingerprint density at radius 3 is 2.73 bits per heavy atom. The van der Waals surface area contributed by atoms with Crippen molar-refractivity contribution in [1.29, 1.82) is 0 Å². The second kappa shape index (κ2) is 8.85. The molecule has 0 unspecified atom stereocenters. The van der Waals surface area contributed by atoms with Crippen LogP contribution in [0.1, 0.15) is 25.7 Å². The Kier molecular flexibility index (Phi) is 7.81. The van der Waals surface area contributed by atoms with Gasteiger partial charge in [-0.3, -0.25) is 10.2 Å². The van der Waals surface area contributed by atoms with E-state index in [1.165, 1.54) is 6.34 Å². The highest BCUT2D eigenvalue weighted by atomic mass is 79.9.